The van der Waals surface area contributed by atoms with Crippen LogP contribution in [0.25, 0.3) is 0 Å². The topological polar surface area (TPSA) is 137 Å². The third-order valence-electron chi connectivity index (χ3n) is 2.96. The molecule has 0 aliphatic heterocycles. The maximum Gasteiger partial charge on any atom is 0.244 e. The molecule has 25 heavy (non-hydrogen) atoms. The van der Waals surface area contributed by atoms with Gasteiger partial charge in [0, 0.05) is 16.6 Å². The van der Waals surface area contributed by atoms with Gasteiger partial charge in [-0.25, -0.2) is 0 Å². The van der Waals surface area contributed by atoms with E-state index in [4.69, 9.17) is 34.2 Å². The van der Waals surface area contributed by atoms with E-state index in [0.29, 0.717) is 15.6 Å². The number of nitriles is 1. The van der Waals surface area contributed by atoms with E-state index in [1.165, 1.54) is 6.07 Å². The molecule has 0 aliphatic rings. The molecular formula is C15H17Cl2N5O3. The van der Waals surface area contributed by atoms with Crippen LogP contribution in [0.15, 0.2) is 18.2 Å². The summed E-state index contributed by atoms with van der Waals surface area (Å²) in [5.41, 5.74) is 6.07. The molecule has 3 amide bonds. The molecule has 0 fully saturated rings. The monoisotopic (exact) mass is 385 g/mol. The van der Waals surface area contributed by atoms with Crippen molar-refractivity contribution in [3.63, 3.8) is 0 Å². The fraction of sp³-hybridized carbons (Fsp3) is 0.333. The lowest BCUT2D eigenvalue weighted by atomic mass is 10.1. The van der Waals surface area contributed by atoms with Crippen molar-refractivity contribution in [1.29, 1.82) is 5.26 Å². The van der Waals surface area contributed by atoms with Crippen LogP contribution in [0.4, 0.5) is 0 Å². The lowest BCUT2D eigenvalue weighted by Gasteiger charge is -2.16. The smallest absolute Gasteiger partial charge is 0.244 e. The Morgan fingerprint density at radius 3 is 2.32 bits per heavy atom. The minimum absolute atomic E-state index is 0.0350. The molecule has 5 N–H and O–H groups in total. The van der Waals surface area contributed by atoms with Crippen molar-refractivity contribution < 1.29 is 14.4 Å². The molecule has 134 valence electrons. The summed E-state index contributed by atoms with van der Waals surface area (Å²) in [6.45, 7) is -0.627. The molecule has 0 heterocycles. The van der Waals surface area contributed by atoms with E-state index in [1.54, 1.807) is 18.2 Å². The first-order valence-electron chi connectivity index (χ1n) is 7.21. The van der Waals surface area contributed by atoms with Gasteiger partial charge in [0.2, 0.25) is 17.7 Å². The van der Waals surface area contributed by atoms with Gasteiger partial charge in [0.15, 0.2) is 0 Å². The Morgan fingerprint density at radius 2 is 1.76 bits per heavy atom. The molecule has 1 atom stereocenters. The van der Waals surface area contributed by atoms with Crippen LogP contribution < -0.4 is 21.7 Å². The number of halogens is 2. The normalized spacial score (nSPS) is 11.1. The first kappa shape index (κ1) is 20.7. The maximum atomic E-state index is 12.0. The van der Waals surface area contributed by atoms with E-state index in [9.17, 15) is 14.4 Å². The Hall–Kier alpha value is -2.34. The number of hydrogen-bond acceptors (Lipinski definition) is 5. The number of hydrogen-bond donors (Lipinski definition) is 4. The Labute approximate surface area is 154 Å². The predicted octanol–water partition coefficient (Wildman–Crippen LogP) is -0.265. The fourth-order valence-corrected chi connectivity index (χ4v) is 2.44. The Bertz CT molecular complexity index is 670. The maximum absolute atomic E-state index is 12.0. The molecule has 1 aromatic carbocycles. The summed E-state index contributed by atoms with van der Waals surface area (Å²) in [4.78, 5) is 35.3. The third-order valence-corrected chi connectivity index (χ3v) is 3.40. The Kier molecular flexibility index (Phi) is 8.70. The number of rotatable bonds is 8. The molecule has 10 heteroatoms. The van der Waals surface area contributed by atoms with Gasteiger partial charge in [0.25, 0.3) is 0 Å². The molecule has 0 aromatic heterocycles. The summed E-state index contributed by atoms with van der Waals surface area (Å²) < 4.78 is 0. The van der Waals surface area contributed by atoms with Gasteiger partial charge in [-0.1, -0.05) is 23.2 Å². The summed E-state index contributed by atoms with van der Waals surface area (Å²) in [6, 6.07) is 5.46. The zero-order valence-electron chi connectivity index (χ0n) is 13.1. The highest BCUT2D eigenvalue weighted by molar-refractivity contribution is 6.34. The van der Waals surface area contributed by atoms with E-state index in [2.05, 4.69) is 16.0 Å². The van der Waals surface area contributed by atoms with Gasteiger partial charge in [-0.3, -0.25) is 14.4 Å². The van der Waals surface area contributed by atoms with Crippen molar-refractivity contribution in [2.45, 2.75) is 12.5 Å². The molecule has 0 unspecified atom stereocenters. The van der Waals surface area contributed by atoms with Crippen molar-refractivity contribution in [2.24, 2.45) is 5.73 Å². The summed E-state index contributed by atoms with van der Waals surface area (Å²) in [5.74, 6) is -1.57. The number of nitrogens with one attached hydrogen (secondary N) is 3. The van der Waals surface area contributed by atoms with Gasteiger partial charge in [-0.15, -0.1) is 0 Å². The summed E-state index contributed by atoms with van der Waals surface area (Å²) in [5, 5.41) is 16.2. The van der Waals surface area contributed by atoms with Crippen LogP contribution in [0, 0.1) is 11.3 Å². The molecule has 8 nitrogen and oxygen atoms in total. The van der Waals surface area contributed by atoms with Gasteiger partial charge < -0.3 is 21.7 Å². The number of nitrogens with zero attached hydrogens (tertiary/aromatic N) is 1. The van der Waals surface area contributed by atoms with E-state index in [0.717, 1.165) is 0 Å². The molecule has 0 saturated heterocycles. The van der Waals surface area contributed by atoms with Crippen LogP contribution in [0.2, 0.25) is 10.0 Å². The minimum atomic E-state index is -0.995. The van der Waals surface area contributed by atoms with Crippen LogP contribution >= 0.6 is 23.2 Å². The lowest BCUT2D eigenvalue weighted by Crippen LogP contribution is -2.52. The van der Waals surface area contributed by atoms with Crippen LogP contribution in [0.3, 0.4) is 0 Å². The van der Waals surface area contributed by atoms with Crippen molar-refractivity contribution in [3.05, 3.63) is 33.8 Å². The van der Waals surface area contributed by atoms with Crippen molar-refractivity contribution >= 4 is 40.9 Å². The number of benzene rings is 1. The molecule has 0 radical (unpaired) electrons. The minimum Gasteiger partial charge on any atom is -0.345 e. The standard InChI is InChI=1S/C15H17Cl2N5O3/c16-10-3-9(4-11(17)6-10)5-13(23)22-12(7-19)15(25)21-8-14(24)20-2-1-18/h3-4,6,12H,2,5,7-8,19H2,(H,20,24)(H,21,25)(H,22,23)/t12-/m0/s1. The highest BCUT2D eigenvalue weighted by Gasteiger charge is 2.20. The molecule has 0 spiro atoms. The van der Waals surface area contributed by atoms with Crippen LogP contribution in [-0.4, -0.2) is 43.4 Å². The van der Waals surface area contributed by atoms with Gasteiger partial charge in [0.05, 0.1) is 19.0 Å². The van der Waals surface area contributed by atoms with Gasteiger partial charge in [0.1, 0.15) is 12.6 Å². The number of amides is 3. The molecule has 1 rings (SSSR count). The van der Waals surface area contributed by atoms with Crippen LogP contribution in [-0.2, 0) is 20.8 Å². The third kappa shape index (κ3) is 7.85. The molecule has 0 aliphatic carbocycles. The second-order valence-electron chi connectivity index (χ2n) is 4.96. The van der Waals surface area contributed by atoms with Crippen molar-refractivity contribution in [1.82, 2.24) is 16.0 Å². The summed E-state index contributed by atoms with van der Waals surface area (Å²) in [7, 11) is 0. The van der Waals surface area contributed by atoms with Gasteiger partial charge in [-0.05, 0) is 23.8 Å². The number of carbonyl (C=O) groups is 3. The fourth-order valence-electron chi connectivity index (χ4n) is 1.87. The number of nitrogens with two attached hydrogens (primary N) is 1. The van der Waals surface area contributed by atoms with Crippen molar-refractivity contribution in [3.8, 4) is 6.07 Å². The van der Waals surface area contributed by atoms with Crippen LogP contribution in [0.1, 0.15) is 5.56 Å². The first-order valence-corrected chi connectivity index (χ1v) is 7.97. The molecular weight excluding hydrogens is 369 g/mol. The number of carbonyl (C=O) groups excluding carboxylic acids is 3. The van der Waals surface area contributed by atoms with E-state index >= 15 is 0 Å². The van der Waals surface area contributed by atoms with Crippen LogP contribution in [0.5, 0.6) is 0 Å². The lowest BCUT2D eigenvalue weighted by molar-refractivity contribution is -0.129. The zero-order valence-corrected chi connectivity index (χ0v) is 14.7. The largest absolute Gasteiger partial charge is 0.345 e. The Morgan fingerprint density at radius 1 is 1.12 bits per heavy atom. The molecule has 0 saturated carbocycles. The van der Waals surface area contributed by atoms with E-state index in [1.807, 2.05) is 0 Å². The highest BCUT2D eigenvalue weighted by atomic mass is 35.5. The molecule has 0 bridgehead atoms. The van der Waals surface area contributed by atoms with E-state index < -0.39 is 23.8 Å². The average Bonchev–Trinajstić information content (AvgIpc) is 2.54. The second kappa shape index (κ2) is 10.5. The summed E-state index contributed by atoms with van der Waals surface area (Å²) >= 11 is 11.7. The summed E-state index contributed by atoms with van der Waals surface area (Å²) in [6.07, 6.45) is -0.0350. The molecule has 1 aromatic rings. The second-order valence-corrected chi connectivity index (χ2v) is 5.84. The van der Waals surface area contributed by atoms with Crippen molar-refractivity contribution in [2.75, 3.05) is 19.6 Å². The predicted molar refractivity (Wildman–Crippen MR) is 92.8 cm³/mol. The van der Waals surface area contributed by atoms with E-state index in [-0.39, 0.29) is 26.1 Å². The quantitative estimate of drug-likeness (QED) is 0.456. The first-order chi connectivity index (χ1) is 11.8. The Balaban J connectivity index is 2.53. The van der Waals surface area contributed by atoms with Gasteiger partial charge in [-0.2, -0.15) is 5.26 Å². The average molecular weight is 386 g/mol. The van der Waals surface area contributed by atoms with Gasteiger partial charge >= 0.3 is 0 Å². The zero-order chi connectivity index (χ0) is 18.8. The highest BCUT2D eigenvalue weighted by Crippen LogP contribution is 2.19. The SMILES string of the molecule is N#CCNC(=O)CNC(=O)[C@H](CN)NC(=O)Cc1cc(Cl)cc(Cl)c1.